The van der Waals surface area contributed by atoms with Crippen molar-refractivity contribution >= 4 is 27.5 Å². The molecule has 0 aliphatic carbocycles. The van der Waals surface area contributed by atoms with Crippen molar-refractivity contribution in [1.82, 2.24) is 5.32 Å². The zero-order chi connectivity index (χ0) is 14.1. The predicted octanol–water partition coefficient (Wildman–Crippen LogP) is 0.855. The Labute approximate surface area is 126 Å². The van der Waals surface area contributed by atoms with Crippen LogP contribution in [0.4, 0.5) is 5.69 Å². The predicted molar refractivity (Wildman–Crippen MR) is 79.4 cm³/mol. The minimum absolute atomic E-state index is 0.0304. The molecule has 0 aromatic heterocycles. The number of hydrogen-bond acceptors (Lipinski definition) is 4. The molecular weight excluding hydrogens is 324 g/mol. The van der Waals surface area contributed by atoms with E-state index in [2.05, 4.69) is 21.2 Å². The number of anilines is 1. The van der Waals surface area contributed by atoms with Crippen molar-refractivity contribution in [3.63, 3.8) is 0 Å². The number of aliphatic hydroxyl groups is 1. The van der Waals surface area contributed by atoms with E-state index in [9.17, 15) is 4.79 Å². The van der Waals surface area contributed by atoms with Gasteiger partial charge in [0.25, 0.3) is 5.91 Å². The molecular formula is C14H17BrN2O3. The minimum atomic E-state index is -0.106. The highest BCUT2D eigenvalue weighted by Crippen LogP contribution is 2.43. The number of nitrogens with zero attached hydrogens (tertiary/aromatic N) is 1. The van der Waals surface area contributed by atoms with Gasteiger partial charge in [0.1, 0.15) is 0 Å². The number of β-amino-alcohol motifs (C(OH)–C–C–N with tert-alkyl or cyclic N) is 1. The Morgan fingerprint density at radius 1 is 1.40 bits per heavy atom. The molecule has 108 valence electrons. The highest BCUT2D eigenvalue weighted by molar-refractivity contribution is 9.10. The number of benzene rings is 1. The average molecular weight is 341 g/mol. The van der Waals surface area contributed by atoms with Gasteiger partial charge in [-0.2, -0.15) is 0 Å². The largest absolute Gasteiger partial charge is 0.480 e. The second-order valence-electron chi connectivity index (χ2n) is 4.98. The molecule has 0 fully saturated rings. The SMILES string of the molecule is O=C1COc2c(cc3c(c2Br)CCNCC3)N1CCO. The smallest absolute Gasteiger partial charge is 0.265 e. The molecule has 2 aliphatic heterocycles. The summed E-state index contributed by atoms with van der Waals surface area (Å²) in [5.74, 6) is 0.615. The number of rotatable bonds is 2. The third-order valence-corrected chi connectivity index (χ3v) is 4.61. The summed E-state index contributed by atoms with van der Waals surface area (Å²) in [6.07, 6.45) is 1.88. The molecule has 0 unspecified atom stereocenters. The van der Waals surface area contributed by atoms with Crippen LogP contribution in [0.5, 0.6) is 5.75 Å². The number of carbonyl (C=O) groups is 1. The average Bonchev–Trinajstić information content (AvgIpc) is 2.68. The van der Waals surface area contributed by atoms with E-state index in [0.29, 0.717) is 6.54 Å². The molecule has 0 saturated carbocycles. The maximum atomic E-state index is 12.0. The molecule has 3 rings (SSSR count). The molecule has 2 N–H and O–H groups in total. The Hall–Kier alpha value is -1.11. The summed E-state index contributed by atoms with van der Waals surface area (Å²) in [6.45, 7) is 2.17. The van der Waals surface area contributed by atoms with Gasteiger partial charge < -0.3 is 20.1 Å². The van der Waals surface area contributed by atoms with E-state index in [4.69, 9.17) is 9.84 Å². The topological polar surface area (TPSA) is 61.8 Å². The van der Waals surface area contributed by atoms with Crippen LogP contribution >= 0.6 is 15.9 Å². The molecule has 0 radical (unpaired) electrons. The van der Waals surface area contributed by atoms with E-state index >= 15 is 0 Å². The first-order chi connectivity index (χ1) is 9.72. The normalized spacial score (nSPS) is 18.1. The molecule has 1 amide bonds. The van der Waals surface area contributed by atoms with Gasteiger partial charge in [-0.15, -0.1) is 0 Å². The van der Waals surface area contributed by atoms with Crippen molar-refractivity contribution in [3.05, 3.63) is 21.7 Å². The number of aliphatic hydroxyl groups excluding tert-OH is 1. The van der Waals surface area contributed by atoms with Gasteiger partial charge in [0.05, 0.1) is 16.8 Å². The third-order valence-electron chi connectivity index (χ3n) is 3.77. The number of nitrogens with one attached hydrogen (secondary N) is 1. The molecule has 20 heavy (non-hydrogen) atoms. The maximum Gasteiger partial charge on any atom is 0.265 e. The number of ether oxygens (including phenoxy) is 1. The Morgan fingerprint density at radius 3 is 3.00 bits per heavy atom. The lowest BCUT2D eigenvalue weighted by atomic mass is 10.0. The second kappa shape index (κ2) is 5.71. The first-order valence-electron chi connectivity index (χ1n) is 6.81. The van der Waals surface area contributed by atoms with Crippen LogP contribution < -0.4 is 15.0 Å². The Kier molecular flexibility index (Phi) is 3.96. The zero-order valence-electron chi connectivity index (χ0n) is 11.1. The van der Waals surface area contributed by atoms with Gasteiger partial charge in [-0.3, -0.25) is 4.79 Å². The second-order valence-corrected chi connectivity index (χ2v) is 5.78. The minimum Gasteiger partial charge on any atom is -0.480 e. The van der Waals surface area contributed by atoms with Crippen molar-refractivity contribution in [1.29, 1.82) is 0 Å². The number of amides is 1. The van der Waals surface area contributed by atoms with Crippen molar-refractivity contribution in [2.45, 2.75) is 12.8 Å². The van der Waals surface area contributed by atoms with Gasteiger partial charge in [0.2, 0.25) is 0 Å². The molecule has 0 bridgehead atoms. The fraction of sp³-hybridized carbons (Fsp3) is 0.500. The molecule has 1 aromatic carbocycles. The lowest BCUT2D eigenvalue weighted by Gasteiger charge is -2.31. The summed E-state index contributed by atoms with van der Waals surface area (Å²) in [4.78, 5) is 13.6. The van der Waals surface area contributed by atoms with Crippen LogP contribution in [0.2, 0.25) is 0 Å². The number of hydrogen-bond donors (Lipinski definition) is 2. The van der Waals surface area contributed by atoms with E-state index < -0.39 is 0 Å². The van der Waals surface area contributed by atoms with Gasteiger partial charge in [-0.1, -0.05) is 0 Å². The summed E-state index contributed by atoms with van der Waals surface area (Å²) in [7, 11) is 0. The van der Waals surface area contributed by atoms with Crippen LogP contribution in [-0.2, 0) is 17.6 Å². The fourth-order valence-corrected chi connectivity index (χ4v) is 3.56. The summed E-state index contributed by atoms with van der Waals surface area (Å²) >= 11 is 3.63. The molecule has 1 aromatic rings. The van der Waals surface area contributed by atoms with Gasteiger partial charge in [-0.05, 0) is 59.1 Å². The highest BCUT2D eigenvalue weighted by atomic mass is 79.9. The summed E-state index contributed by atoms with van der Waals surface area (Å²) < 4.78 is 6.56. The van der Waals surface area contributed by atoms with Gasteiger partial charge in [-0.25, -0.2) is 0 Å². The van der Waals surface area contributed by atoms with Gasteiger partial charge in [0, 0.05) is 6.54 Å². The molecule has 0 atom stereocenters. The summed E-state index contributed by atoms with van der Waals surface area (Å²) in [5.41, 5.74) is 3.26. The van der Waals surface area contributed by atoms with Gasteiger partial charge in [0.15, 0.2) is 12.4 Å². The van der Waals surface area contributed by atoms with Crippen molar-refractivity contribution in [3.8, 4) is 5.75 Å². The van der Waals surface area contributed by atoms with Crippen molar-refractivity contribution in [2.24, 2.45) is 0 Å². The Bertz CT molecular complexity index is 548. The van der Waals surface area contributed by atoms with Crippen molar-refractivity contribution < 1.29 is 14.6 Å². The number of halogens is 1. The van der Waals surface area contributed by atoms with E-state index in [1.165, 1.54) is 11.1 Å². The maximum absolute atomic E-state index is 12.0. The first kappa shape index (κ1) is 13.9. The van der Waals surface area contributed by atoms with Crippen LogP contribution in [0.25, 0.3) is 0 Å². The fourth-order valence-electron chi connectivity index (χ4n) is 2.79. The molecule has 6 heteroatoms. The standard InChI is InChI=1S/C14H17BrN2O3/c15-13-10-2-4-16-3-1-9(10)7-11-14(13)20-8-12(19)17(11)5-6-18/h7,16,18H,1-6,8H2. The highest BCUT2D eigenvalue weighted by Gasteiger charge is 2.29. The third kappa shape index (κ3) is 2.32. The molecule has 0 saturated heterocycles. The van der Waals surface area contributed by atoms with Crippen LogP contribution in [0.15, 0.2) is 10.5 Å². The van der Waals surface area contributed by atoms with Crippen LogP contribution in [0.1, 0.15) is 11.1 Å². The number of carbonyl (C=O) groups excluding carboxylic acids is 1. The van der Waals surface area contributed by atoms with Crippen LogP contribution in [0.3, 0.4) is 0 Å². The van der Waals surface area contributed by atoms with Crippen LogP contribution in [0, 0.1) is 0 Å². The molecule has 2 heterocycles. The lowest BCUT2D eigenvalue weighted by molar-refractivity contribution is -0.121. The van der Waals surface area contributed by atoms with E-state index in [1.54, 1.807) is 4.90 Å². The Balaban J connectivity index is 2.10. The van der Waals surface area contributed by atoms with Crippen molar-refractivity contribution in [2.75, 3.05) is 37.7 Å². The molecule has 2 aliphatic rings. The molecule has 0 spiro atoms. The molecule has 5 nitrogen and oxygen atoms in total. The lowest BCUT2D eigenvalue weighted by Crippen LogP contribution is -2.40. The zero-order valence-corrected chi connectivity index (χ0v) is 12.7. The van der Waals surface area contributed by atoms with Gasteiger partial charge >= 0.3 is 0 Å². The summed E-state index contributed by atoms with van der Waals surface area (Å²) in [6, 6.07) is 2.04. The first-order valence-corrected chi connectivity index (χ1v) is 7.60. The van der Waals surface area contributed by atoms with E-state index in [-0.39, 0.29) is 19.1 Å². The number of fused-ring (bicyclic) bond motifs is 2. The van der Waals surface area contributed by atoms with E-state index in [0.717, 1.165) is 41.8 Å². The van der Waals surface area contributed by atoms with E-state index in [1.807, 2.05) is 6.07 Å². The summed E-state index contributed by atoms with van der Waals surface area (Å²) in [5, 5.41) is 12.5. The quantitative estimate of drug-likeness (QED) is 0.838. The van der Waals surface area contributed by atoms with Crippen LogP contribution in [-0.4, -0.2) is 43.9 Å². The monoisotopic (exact) mass is 340 g/mol. The Morgan fingerprint density at radius 2 is 2.20 bits per heavy atom.